The first-order chi connectivity index (χ1) is 13.2. The van der Waals surface area contributed by atoms with E-state index in [1.807, 2.05) is 0 Å². The van der Waals surface area contributed by atoms with Gasteiger partial charge >= 0.3 is 5.97 Å². The van der Waals surface area contributed by atoms with E-state index in [9.17, 15) is 19.5 Å². The van der Waals surface area contributed by atoms with Crippen molar-refractivity contribution in [2.45, 2.75) is 20.4 Å². The van der Waals surface area contributed by atoms with Crippen LogP contribution in [0.4, 0.5) is 5.69 Å². The van der Waals surface area contributed by atoms with Gasteiger partial charge in [0.05, 0.1) is 23.7 Å². The largest absolute Gasteiger partial charge is 0.495 e. The lowest BCUT2D eigenvalue weighted by molar-refractivity contribution is -0.116. The number of halogens is 1. The molecule has 0 spiro atoms. The van der Waals surface area contributed by atoms with Gasteiger partial charge in [0.25, 0.3) is 5.56 Å². The molecule has 3 aromatic rings. The first-order valence-corrected chi connectivity index (χ1v) is 9.34. The lowest BCUT2D eigenvalue weighted by Gasteiger charge is -2.14. The van der Waals surface area contributed by atoms with Gasteiger partial charge in [-0.15, -0.1) is 11.3 Å². The van der Waals surface area contributed by atoms with Crippen molar-refractivity contribution in [1.29, 1.82) is 0 Å². The second kappa shape index (κ2) is 7.61. The van der Waals surface area contributed by atoms with E-state index >= 15 is 0 Å². The van der Waals surface area contributed by atoms with Gasteiger partial charge in [0.15, 0.2) is 0 Å². The van der Waals surface area contributed by atoms with Crippen molar-refractivity contribution >= 4 is 50.7 Å². The van der Waals surface area contributed by atoms with Gasteiger partial charge in [0.2, 0.25) is 5.91 Å². The molecular formula is C18H16ClN3O5S. The number of anilines is 1. The molecule has 0 saturated carbocycles. The maximum atomic E-state index is 12.8. The van der Waals surface area contributed by atoms with Crippen LogP contribution in [0, 0.1) is 13.8 Å². The number of aromatic nitrogens is 2. The number of benzene rings is 1. The standard InChI is InChI=1S/C18H16ClN3O5S/c1-8-4-12(13(27-3)5-11(8)19)21-14(23)6-22-9(2)20-16-15(17(22)24)10(7-28-16)18(25)26/h4-5,7H,6H2,1-3H3,(H,21,23)(H,25,26). The van der Waals surface area contributed by atoms with Crippen molar-refractivity contribution in [3.8, 4) is 5.75 Å². The molecule has 28 heavy (non-hydrogen) atoms. The molecule has 0 saturated heterocycles. The SMILES string of the molecule is COc1cc(Cl)c(C)cc1NC(=O)Cn1c(C)nc2scc(C(=O)O)c2c1=O. The summed E-state index contributed by atoms with van der Waals surface area (Å²) in [5, 5.41) is 13.8. The molecule has 1 aromatic carbocycles. The predicted octanol–water partition coefficient (Wildman–Crippen LogP) is 3.07. The molecule has 0 unspecified atom stereocenters. The minimum absolute atomic E-state index is 0.00387. The Morgan fingerprint density at radius 2 is 2.07 bits per heavy atom. The fourth-order valence-corrected chi connectivity index (χ4v) is 3.83. The lowest BCUT2D eigenvalue weighted by atomic mass is 10.2. The van der Waals surface area contributed by atoms with E-state index in [0.29, 0.717) is 27.1 Å². The van der Waals surface area contributed by atoms with Gasteiger partial charge in [-0.3, -0.25) is 14.2 Å². The number of carbonyl (C=O) groups excluding carboxylic acids is 1. The van der Waals surface area contributed by atoms with Crippen LogP contribution in [0.1, 0.15) is 21.7 Å². The third kappa shape index (κ3) is 3.58. The van der Waals surface area contributed by atoms with Crippen LogP contribution in [-0.4, -0.2) is 33.6 Å². The first-order valence-electron chi connectivity index (χ1n) is 8.08. The highest BCUT2D eigenvalue weighted by Crippen LogP contribution is 2.31. The highest BCUT2D eigenvalue weighted by molar-refractivity contribution is 7.17. The summed E-state index contributed by atoms with van der Waals surface area (Å²) in [6.07, 6.45) is 0. The summed E-state index contributed by atoms with van der Waals surface area (Å²) in [6, 6.07) is 3.25. The van der Waals surface area contributed by atoms with Gasteiger partial charge in [-0.2, -0.15) is 0 Å². The minimum Gasteiger partial charge on any atom is -0.495 e. The number of aromatic carboxylic acids is 1. The van der Waals surface area contributed by atoms with Gasteiger partial charge in [-0.1, -0.05) is 11.6 Å². The van der Waals surface area contributed by atoms with Crippen LogP contribution >= 0.6 is 22.9 Å². The normalized spacial score (nSPS) is 10.9. The van der Waals surface area contributed by atoms with Crippen molar-refractivity contribution in [2.24, 2.45) is 0 Å². The number of thiophene rings is 1. The Labute approximate surface area is 168 Å². The van der Waals surface area contributed by atoms with Crippen molar-refractivity contribution in [3.05, 3.63) is 49.8 Å². The Morgan fingerprint density at radius 3 is 2.71 bits per heavy atom. The molecule has 10 heteroatoms. The Bertz CT molecular complexity index is 1170. The van der Waals surface area contributed by atoms with E-state index in [4.69, 9.17) is 16.3 Å². The van der Waals surface area contributed by atoms with Gasteiger partial charge in [0.1, 0.15) is 22.9 Å². The van der Waals surface area contributed by atoms with Crippen LogP contribution in [-0.2, 0) is 11.3 Å². The number of carboxylic acid groups (broad SMARTS) is 1. The number of amides is 1. The van der Waals surface area contributed by atoms with Crippen LogP contribution in [0.5, 0.6) is 5.75 Å². The molecule has 0 aliphatic carbocycles. The number of hydrogen-bond acceptors (Lipinski definition) is 6. The number of carbonyl (C=O) groups is 2. The summed E-state index contributed by atoms with van der Waals surface area (Å²) >= 11 is 7.14. The number of nitrogens with zero attached hydrogens (tertiary/aromatic N) is 2. The number of nitrogens with one attached hydrogen (secondary N) is 1. The van der Waals surface area contributed by atoms with Crippen LogP contribution in [0.2, 0.25) is 5.02 Å². The number of ether oxygens (including phenoxy) is 1. The second-order valence-electron chi connectivity index (χ2n) is 6.03. The number of methoxy groups -OCH3 is 1. The minimum atomic E-state index is -1.22. The second-order valence-corrected chi connectivity index (χ2v) is 7.30. The molecular weight excluding hydrogens is 406 g/mol. The van der Waals surface area contributed by atoms with Crippen molar-refractivity contribution in [1.82, 2.24) is 9.55 Å². The molecule has 3 rings (SSSR count). The summed E-state index contributed by atoms with van der Waals surface area (Å²) in [5.41, 5.74) is 0.465. The topological polar surface area (TPSA) is 111 Å². The van der Waals surface area contributed by atoms with E-state index in [-0.39, 0.29) is 17.5 Å². The Hall–Kier alpha value is -2.91. The molecule has 2 aromatic heterocycles. The summed E-state index contributed by atoms with van der Waals surface area (Å²) in [6.45, 7) is 3.04. The van der Waals surface area contributed by atoms with Crippen molar-refractivity contribution in [2.75, 3.05) is 12.4 Å². The molecule has 1 amide bonds. The zero-order chi connectivity index (χ0) is 20.6. The highest BCUT2D eigenvalue weighted by atomic mass is 35.5. The quantitative estimate of drug-likeness (QED) is 0.655. The van der Waals surface area contributed by atoms with Crippen LogP contribution < -0.4 is 15.6 Å². The molecule has 0 aliphatic rings. The third-order valence-electron chi connectivity index (χ3n) is 4.17. The van der Waals surface area contributed by atoms with Crippen LogP contribution in [0.25, 0.3) is 10.2 Å². The molecule has 2 N–H and O–H groups in total. The molecule has 0 aliphatic heterocycles. The number of carboxylic acids is 1. The summed E-state index contributed by atoms with van der Waals surface area (Å²) in [7, 11) is 1.45. The van der Waals surface area contributed by atoms with Gasteiger partial charge < -0.3 is 15.2 Å². The van der Waals surface area contributed by atoms with Gasteiger partial charge in [-0.05, 0) is 25.5 Å². The lowest BCUT2D eigenvalue weighted by Crippen LogP contribution is -2.30. The molecule has 0 fully saturated rings. The van der Waals surface area contributed by atoms with Gasteiger partial charge in [-0.25, -0.2) is 9.78 Å². The summed E-state index contributed by atoms with van der Waals surface area (Å²) in [5.74, 6) is -1.01. The Morgan fingerprint density at radius 1 is 1.36 bits per heavy atom. The summed E-state index contributed by atoms with van der Waals surface area (Å²) in [4.78, 5) is 41.3. The molecule has 2 heterocycles. The predicted molar refractivity (Wildman–Crippen MR) is 107 cm³/mol. The Kier molecular flexibility index (Phi) is 5.39. The number of fused-ring (bicyclic) bond motifs is 1. The fraction of sp³-hybridized carbons (Fsp3) is 0.222. The molecule has 0 radical (unpaired) electrons. The van der Waals surface area contributed by atoms with Crippen molar-refractivity contribution in [3.63, 3.8) is 0 Å². The molecule has 0 atom stereocenters. The summed E-state index contributed by atoms with van der Waals surface area (Å²) < 4.78 is 6.37. The van der Waals surface area contributed by atoms with E-state index in [1.54, 1.807) is 26.0 Å². The fourth-order valence-electron chi connectivity index (χ4n) is 2.73. The maximum absolute atomic E-state index is 12.8. The average Bonchev–Trinajstić information content (AvgIpc) is 3.05. The number of aryl methyl sites for hydroxylation is 2. The zero-order valence-corrected chi connectivity index (χ0v) is 16.8. The molecule has 146 valence electrons. The van der Waals surface area contributed by atoms with Crippen molar-refractivity contribution < 1.29 is 19.4 Å². The highest BCUT2D eigenvalue weighted by Gasteiger charge is 2.20. The first kappa shape index (κ1) is 19.8. The Balaban J connectivity index is 1.96. The zero-order valence-electron chi connectivity index (χ0n) is 15.2. The number of hydrogen-bond donors (Lipinski definition) is 2. The smallest absolute Gasteiger partial charge is 0.337 e. The van der Waals surface area contributed by atoms with Crippen LogP contribution in [0.3, 0.4) is 0 Å². The number of rotatable bonds is 5. The van der Waals surface area contributed by atoms with E-state index in [2.05, 4.69) is 10.3 Å². The van der Waals surface area contributed by atoms with E-state index < -0.39 is 17.4 Å². The van der Waals surface area contributed by atoms with E-state index in [0.717, 1.165) is 21.5 Å². The van der Waals surface area contributed by atoms with E-state index in [1.165, 1.54) is 12.5 Å². The van der Waals surface area contributed by atoms with Crippen LogP contribution in [0.15, 0.2) is 22.3 Å². The van der Waals surface area contributed by atoms with Gasteiger partial charge in [0, 0.05) is 16.5 Å². The molecule has 8 nitrogen and oxygen atoms in total. The third-order valence-corrected chi connectivity index (χ3v) is 5.45. The average molecular weight is 422 g/mol. The molecule has 0 bridgehead atoms. The monoisotopic (exact) mass is 421 g/mol. The maximum Gasteiger partial charge on any atom is 0.337 e.